The van der Waals surface area contributed by atoms with Crippen LogP contribution in [0.3, 0.4) is 0 Å². The Morgan fingerprint density at radius 2 is 0.585 bits per heavy atom. The topological polar surface area (TPSA) is 78.1 Å². The summed E-state index contributed by atoms with van der Waals surface area (Å²) >= 11 is 0. The molecule has 0 fully saturated rings. The second kappa shape index (κ2) is 30.0. The summed E-state index contributed by atoms with van der Waals surface area (Å²) in [6, 6.07) is 80.0. The first-order chi connectivity index (χ1) is 45.9. The van der Waals surface area contributed by atoms with Gasteiger partial charge in [-0.2, -0.15) is 0 Å². The monoisotopic (exact) mass is 1410 g/mol. The first-order valence-corrected chi connectivity index (χ1v) is 33.6. The predicted octanol–water partition coefficient (Wildman–Crippen LogP) is 24.1. The van der Waals surface area contributed by atoms with Crippen molar-refractivity contribution in [3.05, 3.63) is 270 Å². The standard InChI is InChI=1S/3C29H26NO.Ir/c3*1-3-5-11-22-18-26(30-19-25(22)21-12-7-6-8-13-21)23-17-16-20(4-2)28-24-14-9-10-15-27(24)31-29(23)28;/h3*6-10,12-16,18-19H,3-5,11H2,1-2H3;/q3*-1;+3. The Kier molecular flexibility index (Phi) is 20.6. The van der Waals surface area contributed by atoms with Gasteiger partial charge in [0.25, 0.3) is 0 Å². The van der Waals surface area contributed by atoms with Gasteiger partial charge in [0, 0.05) is 51.4 Å². The maximum absolute atomic E-state index is 6.35. The van der Waals surface area contributed by atoms with Crippen molar-refractivity contribution < 1.29 is 33.4 Å². The van der Waals surface area contributed by atoms with E-state index < -0.39 is 0 Å². The van der Waals surface area contributed by atoms with Crippen molar-refractivity contribution >= 4 is 65.8 Å². The molecule has 468 valence electrons. The number of fused-ring (bicyclic) bond motifs is 9. The van der Waals surface area contributed by atoms with E-state index in [0.29, 0.717) is 0 Å². The van der Waals surface area contributed by atoms with Gasteiger partial charge in [0.05, 0.1) is 16.7 Å². The van der Waals surface area contributed by atoms with E-state index in [9.17, 15) is 0 Å². The molecule has 0 bridgehead atoms. The maximum atomic E-state index is 6.35. The van der Waals surface area contributed by atoms with Crippen LogP contribution in [0, 0.1) is 18.2 Å². The maximum Gasteiger partial charge on any atom is 3.00 e. The van der Waals surface area contributed by atoms with Crippen LogP contribution < -0.4 is 0 Å². The van der Waals surface area contributed by atoms with Crippen molar-refractivity contribution in [2.24, 2.45) is 0 Å². The molecule has 7 heteroatoms. The number of para-hydroxylation sites is 3. The number of hydrogen-bond acceptors (Lipinski definition) is 6. The number of aromatic nitrogens is 3. The summed E-state index contributed by atoms with van der Waals surface area (Å²) in [5.74, 6) is 0. The minimum absolute atomic E-state index is 0. The van der Waals surface area contributed by atoms with Crippen molar-refractivity contribution in [3.8, 4) is 67.2 Å². The molecule has 6 heterocycles. The van der Waals surface area contributed by atoms with E-state index in [-0.39, 0.29) is 20.1 Å². The average molecular weight is 1410 g/mol. The predicted molar refractivity (Wildman–Crippen MR) is 388 cm³/mol. The van der Waals surface area contributed by atoms with Crippen LogP contribution in [0.2, 0.25) is 0 Å². The van der Waals surface area contributed by atoms with E-state index in [1.54, 1.807) is 0 Å². The molecule has 6 aromatic heterocycles. The number of unbranched alkanes of at least 4 members (excludes halogenated alkanes) is 3. The van der Waals surface area contributed by atoms with Gasteiger partial charge in [0.1, 0.15) is 16.7 Å². The SMILES string of the molecule is CCCCc1cc(-c2[c-]cc(CC)c3c2oc2ccccc23)ncc1-c1ccccc1.CCCCc1cc(-c2[c-]cc(CC)c3c2oc2ccccc23)ncc1-c1ccccc1.CCCCc1cc(-c2[c-]cc(CC)c3c2oc2ccccc23)ncc1-c1ccccc1.[Ir+3]. The third-order valence-corrected chi connectivity index (χ3v) is 18.1. The van der Waals surface area contributed by atoms with Gasteiger partial charge < -0.3 is 28.2 Å². The number of nitrogens with zero attached hydrogens (tertiary/aromatic N) is 3. The third kappa shape index (κ3) is 13.2. The fourth-order valence-corrected chi connectivity index (χ4v) is 13.2. The quantitative estimate of drug-likeness (QED) is 0.0797. The number of hydrogen-bond donors (Lipinski definition) is 0. The molecule has 0 saturated heterocycles. The molecule has 0 spiro atoms. The number of furan rings is 3. The molecule has 9 aromatic carbocycles. The zero-order valence-electron chi connectivity index (χ0n) is 54.7. The molecule has 6 nitrogen and oxygen atoms in total. The fraction of sp³-hybridized carbons (Fsp3) is 0.207. The second-order valence-electron chi connectivity index (χ2n) is 24.1. The van der Waals surface area contributed by atoms with Crippen LogP contribution in [-0.2, 0) is 58.6 Å². The number of pyridine rings is 3. The molecule has 0 aliphatic rings. The first-order valence-electron chi connectivity index (χ1n) is 33.6. The summed E-state index contributed by atoms with van der Waals surface area (Å²) in [5, 5.41) is 7.06. The number of rotatable bonds is 18. The molecule has 0 radical (unpaired) electrons. The van der Waals surface area contributed by atoms with E-state index in [2.05, 4.69) is 224 Å². The van der Waals surface area contributed by atoms with Crippen LogP contribution in [0.25, 0.3) is 133 Å². The third-order valence-electron chi connectivity index (χ3n) is 18.1. The van der Waals surface area contributed by atoms with Crippen molar-refractivity contribution in [1.82, 2.24) is 15.0 Å². The van der Waals surface area contributed by atoms with Gasteiger partial charge in [-0.05, 0) is 107 Å². The van der Waals surface area contributed by atoms with Crippen LogP contribution in [0.5, 0.6) is 0 Å². The van der Waals surface area contributed by atoms with Crippen LogP contribution >= 0.6 is 0 Å². The number of aryl methyl sites for hydroxylation is 6. The van der Waals surface area contributed by atoms with Gasteiger partial charge in [0.2, 0.25) is 0 Å². The fourth-order valence-electron chi connectivity index (χ4n) is 13.2. The molecule has 0 unspecified atom stereocenters. The van der Waals surface area contributed by atoms with Gasteiger partial charge in [-0.1, -0.05) is 277 Å². The minimum atomic E-state index is 0. The van der Waals surface area contributed by atoms with Gasteiger partial charge in [0.15, 0.2) is 0 Å². The smallest absolute Gasteiger partial charge is 0.501 e. The Balaban J connectivity index is 0.000000135. The van der Waals surface area contributed by atoms with E-state index in [4.69, 9.17) is 28.2 Å². The minimum Gasteiger partial charge on any atom is -0.501 e. The molecule has 0 N–H and O–H groups in total. The normalized spacial score (nSPS) is 11.3. The molecular formula is C87H78IrN3O3. The second-order valence-corrected chi connectivity index (χ2v) is 24.1. The van der Waals surface area contributed by atoms with E-state index in [1.165, 1.54) is 82.9 Å². The van der Waals surface area contributed by atoms with Crippen molar-refractivity contribution in [3.63, 3.8) is 0 Å². The molecule has 94 heavy (non-hydrogen) atoms. The Labute approximate surface area is 566 Å². The number of benzene rings is 9. The molecule has 15 rings (SSSR count). The first kappa shape index (κ1) is 64.6. The van der Waals surface area contributed by atoms with Gasteiger partial charge >= 0.3 is 20.1 Å². The van der Waals surface area contributed by atoms with Crippen LogP contribution in [-0.4, -0.2) is 15.0 Å². The van der Waals surface area contributed by atoms with Crippen molar-refractivity contribution in [2.45, 2.75) is 119 Å². The zero-order chi connectivity index (χ0) is 63.6. The molecule has 0 aliphatic heterocycles. The molecule has 0 atom stereocenters. The summed E-state index contributed by atoms with van der Waals surface area (Å²) < 4.78 is 19.0. The average Bonchev–Trinajstić information content (AvgIpc) is 1.59. The van der Waals surface area contributed by atoms with Gasteiger partial charge in [-0.25, -0.2) is 0 Å². The molecule has 15 aromatic rings. The molecule has 0 saturated carbocycles. The summed E-state index contributed by atoms with van der Waals surface area (Å²) in [7, 11) is 0. The van der Waals surface area contributed by atoms with Crippen molar-refractivity contribution in [1.29, 1.82) is 0 Å². The van der Waals surface area contributed by atoms with E-state index in [0.717, 1.165) is 160 Å². The molecule has 0 amide bonds. The summed E-state index contributed by atoms with van der Waals surface area (Å²) in [5.41, 5.74) is 26.1. The van der Waals surface area contributed by atoms with Crippen molar-refractivity contribution in [2.75, 3.05) is 0 Å². The Morgan fingerprint density at radius 1 is 0.319 bits per heavy atom. The van der Waals surface area contributed by atoms with Gasteiger partial charge in [-0.15, -0.1) is 53.1 Å². The Morgan fingerprint density at radius 3 is 0.851 bits per heavy atom. The largest absolute Gasteiger partial charge is 3.00 e. The summed E-state index contributed by atoms with van der Waals surface area (Å²) in [6.07, 6.45) is 18.9. The van der Waals surface area contributed by atoms with Gasteiger partial charge in [-0.3, -0.25) is 0 Å². The molecular weight excluding hydrogens is 1330 g/mol. The van der Waals surface area contributed by atoms with E-state index >= 15 is 0 Å². The Bertz CT molecular complexity index is 4560. The Hall–Kier alpha value is -9.52. The zero-order valence-corrected chi connectivity index (χ0v) is 57.1. The molecule has 0 aliphatic carbocycles. The van der Waals surface area contributed by atoms with E-state index in [1.807, 2.05) is 55.0 Å². The summed E-state index contributed by atoms with van der Waals surface area (Å²) in [6.45, 7) is 13.2. The van der Waals surface area contributed by atoms with Crippen LogP contribution in [0.4, 0.5) is 0 Å². The van der Waals surface area contributed by atoms with Crippen LogP contribution in [0.15, 0.2) is 232 Å². The summed E-state index contributed by atoms with van der Waals surface area (Å²) in [4.78, 5) is 14.6. The van der Waals surface area contributed by atoms with Crippen LogP contribution in [0.1, 0.15) is 113 Å².